The van der Waals surface area contributed by atoms with Crippen LogP contribution in [0.15, 0.2) is 48.8 Å². The van der Waals surface area contributed by atoms with Gasteiger partial charge in [0.15, 0.2) is 0 Å². The van der Waals surface area contributed by atoms with E-state index in [1.807, 2.05) is 17.2 Å². The number of hydrogen-bond donors (Lipinski definition) is 0. The number of benzene rings is 1. The second-order valence-corrected chi connectivity index (χ2v) is 6.84. The van der Waals surface area contributed by atoms with Gasteiger partial charge in [-0.3, -0.25) is 9.78 Å². The van der Waals surface area contributed by atoms with E-state index in [1.165, 1.54) is 12.1 Å². The van der Waals surface area contributed by atoms with Gasteiger partial charge in [-0.2, -0.15) is 0 Å². The van der Waals surface area contributed by atoms with Crippen molar-refractivity contribution in [3.05, 3.63) is 65.7 Å². The molecule has 0 aliphatic carbocycles. The molecule has 2 aromatic rings. The average Bonchev–Trinajstić information content (AvgIpc) is 3.02. The predicted molar refractivity (Wildman–Crippen MR) is 95.6 cm³/mol. The molecule has 1 aliphatic heterocycles. The van der Waals surface area contributed by atoms with Gasteiger partial charge in [0.05, 0.1) is 12.5 Å². The highest BCUT2D eigenvalue weighted by atomic mass is 19.1. The van der Waals surface area contributed by atoms with Crippen molar-refractivity contribution in [1.29, 1.82) is 0 Å². The van der Waals surface area contributed by atoms with E-state index < -0.39 is 0 Å². The fourth-order valence-corrected chi connectivity index (χ4v) is 3.63. The number of nitrogens with zero attached hydrogens (tertiary/aromatic N) is 3. The number of likely N-dealkylation sites (tertiary alicyclic amines) is 1. The van der Waals surface area contributed by atoms with E-state index in [4.69, 9.17) is 0 Å². The van der Waals surface area contributed by atoms with Crippen molar-refractivity contribution in [2.75, 3.05) is 20.6 Å². The Balaban J connectivity index is 1.75. The number of likely N-dealkylation sites (N-methyl/N-ethyl adjacent to an activating group) is 1. The number of carbonyl (C=O) groups excluding carboxylic acids is 1. The van der Waals surface area contributed by atoms with Crippen LogP contribution in [0.5, 0.6) is 0 Å². The Morgan fingerprint density at radius 3 is 2.64 bits per heavy atom. The van der Waals surface area contributed by atoms with Gasteiger partial charge in [-0.25, -0.2) is 4.39 Å². The van der Waals surface area contributed by atoms with Gasteiger partial charge in [-0.15, -0.1) is 0 Å². The van der Waals surface area contributed by atoms with Crippen molar-refractivity contribution in [1.82, 2.24) is 14.8 Å². The number of hydrogen-bond acceptors (Lipinski definition) is 3. The lowest BCUT2D eigenvalue weighted by Gasteiger charge is -2.31. The van der Waals surface area contributed by atoms with E-state index in [-0.39, 0.29) is 17.8 Å². The summed E-state index contributed by atoms with van der Waals surface area (Å²) >= 11 is 0. The van der Waals surface area contributed by atoms with Crippen LogP contribution >= 0.6 is 0 Å². The maximum Gasteiger partial charge on any atom is 0.227 e. The van der Waals surface area contributed by atoms with Gasteiger partial charge in [-0.05, 0) is 56.3 Å². The number of amides is 1. The van der Waals surface area contributed by atoms with Gasteiger partial charge in [-0.1, -0.05) is 18.2 Å². The molecule has 5 heteroatoms. The molecule has 2 heterocycles. The van der Waals surface area contributed by atoms with Crippen LogP contribution in [0.1, 0.15) is 17.5 Å². The van der Waals surface area contributed by atoms with Crippen LogP contribution in [0.4, 0.5) is 4.39 Å². The van der Waals surface area contributed by atoms with Crippen molar-refractivity contribution >= 4 is 5.91 Å². The van der Waals surface area contributed by atoms with E-state index in [0.29, 0.717) is 12.5 Å². The zero-order valence-electron chi connectivity index (χ0n) is 14.7. The summed E-state index contributed by atoms with van der Waals surface area (Å²) in [7, 11) is 4.13. The third kappa shape index (κ3) is 4.23. The molecule has 3 rings (SSSR count). The van der Waals surface area contributed by atoms with Crippen LogP contribution in [-0.4, -0.2) is 53.4 Å². The molecule has 1 amide bonds. The van der Waals surface area contributed by atoms with Crippen LogP contribution in [0.2, 0.25) is 0 Å². The smallest absolute Gasteiger partial charge is 0.227 e. The number of pyridine rings is 1. The molecule has 0 bridgehead atoms. The van der Waals surface area contributed by atoms with Crippen LogP contribution in [0.25, 0.3) is 0 Å². The average molecular weight is 341 g/mol. The first-order chi connectivity index (χ1) is 12.0. The summed E-state index contributed by atoms with van der Waals surface area (Å²) in [5.74, 6) is -0.177. The molecule has 1 fully saturated rings. The molecule has 0 N–H and O–H groups in total. The molecular formula is C20H24FN3O. The lowest BCUT2D eigenvalue weighted by atomic mass is 10.00. The topological polar surface area (TPSA) is 36.4 Å². The van der Waals surface area contributed by atoms with Gasteiger partial charge in [0.25, 0.3) is 0 Å². The van der Waals surface area contributed by atoms with Crippen molar-refractivity contribution in [3.8, 4) is 0 Å². The van der Waals surface area contributed by atoms with E-state index >= 15 is 0 Å². The number of carbonyl (C=O) groups is 1. The number of halogens is 1. The molecule has 1 aromatic carbocycles. The molecule has 0 unspecified atom stereocenters. The molecule has 1 aliphatic rings. The zero-order chi connectivity index (χ0) is 17.8. The summed E-state index contributed by atoms with van der Waals surface area (Å²) < 4.78 is 13.1. The molecule has 25 heavy (non-hydrogen) atoms. The minimum atomic E-state index is -0.278. The third-order valence-electron chi connectivity index (χ3n) is 4.93. The summed E-state index contributed by atoms with van der Waals surface area (Å²) in [6, 6.07) is 10.6. The summed E-state index contributed by atoms with van der Waals surface area (Å²) in [6.07, 6.45) is 5.70. The molecular weight excluding hydrogens is 317 g/mol. The monoisotopic (exact) mass is 341 g/mol. The molecule has 2 atom stereocenters. The van der Waals surface area contributed by atoms with Crippen molar-refractivity contribution in [3.63, 3.8) is 0 Å². The Labute approximate surface area is 148 Å². The third-order valence-corrected chi connectivity index (χ3v) is 4.93. The van der Waals surface area contributed by atoms with Gasteiger partial charge >= 0.3 is 0 Å². The highest BCUT2D eigenvalue weighted by Crippen LogP contribution is 2.25. The van der Waals surface area contributed by atoms with Crippen molar-refractivity contribution in [2.24, 2.45) is 0 Å². The Hall–Kier alpha value is -2.27. The van der Waals surface area contributed by atoms with E-state index in [1.54, 1.807) is 18.3 Å². The Morgan fingerprint density at radius 1 is 1.24 bits per heavy atom. The maximum absolute atomic E-state index is 13.1. The molecule has 132 valence electrons. The summed E-state index contributed by atoms with van der Waals surface area (Å²) in [6.45, 7) is 0.758. The van der Waals surface area contributed by atoms with E-state index in [2.05, 4.69) is 30.0 Å². The largest absolute Gasteiger partial charge is 0.337 e. The van der Waals surface area contributed by atoms with E-state index in [9.17, 15) is 9.18 Å². The molecule has 0 radical (unpaired) electrons. The second-order valence-electron chi connectivity index (χ2n) is 6.84. The predicted octanol–water partition coefficient (Wildman–Crippen LogP) is 2.54. The summed E-state index contributed by atoms with van der Waals surface area (Å²) in [5, 5.41) is 0. The number of aromatic nitrogens is 1. The Bertz CT molecular complexity index is 703. The molecule has 0 saturated carbocycles. The van der Waals surface area contributed by atoms with Crippen molar-refractivity contribution in [2.45, 2.75) is 31.3 Å². The highest BCUT2D eigenvalue weighted by Gasteiger charge is 2.37. The van der Waals surface area contributed by atoms with Crippen LogP contribution in [0, 0.1) is 5.82 Å². The molecule has 0 spiro atoms. The Kier molecular flexibility index (Phi) is 5.43. The quantitative estimate of drug-likeness (QED) is 0.839. The van der Waals surface area contributed by atoms with Crippen LogP contribution < -0.4 is 0 Å². The van der Waals surface area contributed by atoms with Crippen molar-refractivity contribution < 1.29 is 9.18 Å². The van der Waals surface area contributed by atoms with E-state index in [0.717, 1.165) is 30.5 Å². The van der Waals surface area contributed by atoms with Crippen LogP contribution in [0.3, 0.4) is 0 Å². The normalized spacial score (nSPS) is 20.2. The lowest BCUT2D eigenvalue weighted by Crippen LogP contribution is -2.46. The number of rotatable bonds is 5. The standard InChI is InChI=1S/C20H24FN3O/c1-23(2)18-9-11-24(19(18)12-16-4-3-10-22-14-16)20(25)13-15-5-7-17(21)8-6-15/h3-8,10,14,18-19H,9,11-13H2,1-2H3/t18-,19+/m1/s1. The first kappa shape index (κ1) is 17.5. The minimum absolute atomic E-state index is 0.102. The highest BCUT2D eigenvalue weighted by molar-refractivity contribution is 5.79. The Morgan fingerprint density at radius 2 is 2.00 bits per heavy atom. The van der Waals surface area contributed by atoms with Gasteiger partial charge in [0.2, 0.25) is 5.91 Å². The summed E-state index contributed by atoms with van der Waals surface area (Å²) in [4.78, 5) is 21.2. The molecule has 1 saturated heterocycles. The zero-order valence-corrected chi connectivity index (χ0v) is 14.7. The fourth-order valence-electron chi connectivity index (χ4n) is 3.63. The van der Waals surface area contributed by atoms with Gasteiger partial charge in [0.1, 0.15) is 5.82 Å². The van der Waals surface area contributed by atoms with Crippen LogP contribution in [-0.2, 0) is 17.6 Å². The lowest BCUT2D eigenvalue weighted by molar-refractivity contribution is -0.131. The fraction of sp³-hybridized carbons (Fsp3) is 0.400. The second kappa shape index (κ2) is 7.74. The maximum atomic E-state index is 13.1. The molecule has 4 nitrogen and oxygen atoms in total. The SMILES string of the molecule is CN(C)[C@@H]1CCN(C(=O)Cc2ccc(F)cc2)[C@H]1Cc1cccnc1. The minimum Gasteiger partial charge on any atom is -0.337 e. The summed E-state index contributed by atoms with van der Waals surface area (Å²) in [5.41, 5.74) is 1.99. The molecule has 1 aromatic heterocycles. The first-order valence-corrected chi connectivity index (χ1v) is 8.64. The first-order valence-electron chi connectivity index (χ1n) is 8.64. The van der Waals surface area contributed by atoms with Gasteiger partial charge in [0, 0.05) is 25.0 Å². The van der Waals surface area contributed by atoms with Gasteiger partial charge < -0.3 is 9.80 Å².